The molecule has 0 aliphatic carbocycles. The van der Waals surface area contributed by atoms with Crippen LogP contribution in [0.25, 0.3) is 0 Å². The zero-order chi connectivity index (χ0) is 18.7. The number of fused-ring (bicyclic) bond motifs is 1. The first-order chi connectivity index (χ1) is 12.5. The maximum absolute atomic E-state index is 12.6. The molecule has 26 heavy (non-hydrogen) atoms. The first-order valence-electron chi connectivity index (χ1n) is 8.10. The van der Waals surface area contributed by atoms with E-state index in [1.165, 1.54) is 0 Å². The summed E-state index contributed by atoms with van der Waals surface area (Å²) in [5.74, 6) is -1.93. The topological polar surface area (TPSA) is 91.4 Å². The molecule has 0 bridgehead atoms. The van der Waals surface area contributed by atoms with Gasteiger partial charge < -0.3 is 15.5 Å². The van der Waals surface area contributed by atoms with E-state index in [2.05, 4.69) is 31.5 Å². The maximum atomic E-state index is 12.6. The van der Waals surface area contributed by atoms with Crippen molar-refractivity contribution in [3.63, 3.8) is 0 Å². The van der Waals surface area contributed by atoms with Gasteiger partial charge in [0.1, 0.15) is 6.04 Å². The zero-order valence-electron chi connectivity index (χ0n) is 14.0. The number of anilines is 1. The van der Waals surface area contributed by atoms with Gasteiger partial charge in [0.15, 0.2) is 0 Å². The Morgan fingerprint density at radius 3 is 2.73 bits per heavy atom. The van der Waals surface area contributed by atoms with Gasteiger partial charge in [0.25, 0.3) is 5.91 Å². The van der Waals surface area contributed by atoms with Crippen molar-refractivity contribution in [3.05, 3.63) is 58.3 Å². The minimum absolute atomic E-state index is 0.134. The molecule has 134 valence electrons. The summed E-state index contributed by atoms with van der Waals surface area (Å²) in [6.45, 7) is 2.47. The zero-order valence-corrected chi connectivity index (χ0v) is 15.6. The third-order valence-electron chi connectivity index (χ3n) is 4.06. The molecule has 1 aliphatic heterocycles. The molecule has 3 rings (SSSR count). The van der Waals surface area contributed by atoms with E-state index in [9.17, 15) is 14.4 Å². The van der Waals surface area contributed by atoms with Crippen molar-refractivity contribution in [2.24, 2.45) is 0 Å². The third-order valence-corrected chi connectivity index (χ3v) is 4.55. The molecule has 1 aromatic carbocycles. The predicted molar refractivity (Wildman–Crippen MR) is 99.1 cm³/mol. The van der Waals surface area contributed by atoms with Crippen LogP contribution in [0.15, 0.2) is 47.1 Å². The van der Waals surface area contributed by atoms with Crippen molar-refractivity contribution in [3.8, 4) is 0 Å². The van der Waals surface area contributed by atoms with Crippen LogP contribution in [-0.2, 0) is 20.9 Å². The van der Waals surface area contributed by atoms with Gasteiger partial charge in [-0.15, -0.1) is 0 Å². The fourth-order valence-electron chi connectivity index (χ4n) is 2.83. The van der Waals surface area contributed by atoms with Gasteiger partial charge in [0.05, 0.1) is 12.2 Å². The molecule has 0 saturated heterocycles. The Morgan fingerprint density at radius 1 is 1.23 bits per heavy atom. The molecule has 7 nitrogen and oxygen atoms in total. The number of aromatic nitrogens is 1. The van der Waals surface area contributed by atoms with Crippen LogP contribution in [0.3, 0.4) is 0 Å². The lowest BCUT2D eigenvalue weighted by molar-refractivity contribution is -0.140. The number of benzene rings is 1. The fraction of sp³-hybridized carbons (Fsp3) is 0.222. The SMILES string of the molecule is CCN1C(=O)[C@@H](NC(=O)C(=O)NCc2ccccn2)c2cc(Br)ccc21. The van der Waals surface area contributed by atoms with Crippen molar-refractivity contribution in [1.29, 1.82) is 0 Å². The minimum Gasteiger partial charge on any atom is -0.342 e. The molecule has 2 aromatic rings. The Hall–Kier alpha value is -2.74. The van der Waals surface area contributed by atoms with E-state index in [-0.39, 0.29) is 12.5 Å². The van der Waals surface area contributed by atoms with Crippen molar-refractivity contribution >= 4 is 39.3 Å². The number of nitrogens with one attached hydrogen (secondary N) is 2. The average Bonchev–Trinajstić information content (AvgIpc) is 2.91. The highest BCUT2D eigenvalue weighted by atomic mass is 79.9. The number of carbonyl (C=O) groups excluding carboxylic acids is 3. The van der Waals surface area contributed by atoms with E-state index in [0.717, 1.165) is 10.2 Å². The van der Waals surface area contributed by atoms with E-state index >= 15 is 0 Å². The first-order valence-corrected chi connectivity index (χ1v) is 8.90. The van der Waals surface area contributed by atoms with Crippen LogP contribution in [0.4, 0.5) is 5.69 Å². The summed E-state index contributed by atoms with van der Waals surface area (Å²) in [6, 6.07) is 9.84. The van der Waals surface area contributed by atoms with E-state index in [1.54, 1.807) is 35.4 Å². The average molecular weight is 417 g/mol. The lowest BCUT2D eigenvalue weighted by Crippen LogP contribution is -2.44. The van der Waals surface area contributed by atoms with Crippen LogP contribution in [0, 0.1) is 0 Å². The highest BCUT2D eigenvalue weighted by Crippen LogP contribution is 2.37. The number of nitrogens with zero attached hydrogens (tertiary/aromatic N) is 2. The van der Waals surface area contributed by atoms with Gasteiger partial charge in [-0.05, 0) is 37.3 Å². The molecule has 2 heterocycles. The van der Waals surface area contributed by atoms with E-state index in [4.69, 9.17) is 0 Å². The lowest BCUT2D eigenvalue weighted by atomic mass is 10.1. The van der Waals surface area contributed by atoms with Crippen LogP contribution in [0.1, 0.15) is 24.2 Å². The second kappa shape index (κ2) is 7.65. The van der Waals surface area contributed by atoms with Crippen molar-refractivity contribution in [1.82, 2.24) is 15.6 Å². The summed E-state index contributed by atoms with van der Waals surface area (Å²) in [4.78, 5) is 42.5. The summed E-state index contributed by atoms with van der Waals surface area (Å²) in [5, 5.41) is 5.03. The second-order valence-electron chi connectivity index (χ2n) is 5.70. The Morgan fingerprint density at radius 2 is 2.04 bits per heavy atom. The number of pyridine rings is 1. The van der Waals surface area contributed by atoms with Gasteiger partial charge in [-0.3, -0.25) is 19.4 Å². The molecule has 1 atom stereocenters. The summed E-state index contributed by atoms with van der Waals surface area (Å²) in [5.41, 5.74) is 2.04. The highest BCUT2D eigenvalue weighted by molar-refractivity contribution is 9.10. The molecule has 1 aromatic heterocycles. The Balaban J connectivity index is 1.70. The number of likely N-dealkylation sites (N-methyl/N-ethyl adjacent to an activating group) is 1. The molecule has 0 spiro atoms. The van der Waals surface area contributed by atoms with Crippen LogP contribution >= 0.6 is 15.9 Å². The first kappa shape index (κ1) is 18.1. The molecular weight excluding hydrogens is 400 g/mol. The Labute approximate surface area is 158 Å². The van der Waals surface area contributed by atoms with Crippen LogP contribution in [0.2, 0.25) is 0 Å². The summed E-state index contributed by atoms with van der Waals surface area (Å²) in [7, 11) is 0. The van der Waals surface area contributed by atoms with Crippen molar-refractivity contribution in [2.75, 3.05) is 11.4 Å². The van der Waals surface area contributed by atoms with Crippen LogP contribution < -0.4 is 15.5 Å². The Bertz CT molecular complexity index is 857. The third kappa shape index (κ3) is 3.60. The number of rotatable bonds is 4. The van der Waals surface area contributed by atoms with Gasteiger partial charge in [0.2, 0.25) is 0 Å². The number of halogens is 1. The maximum Gasteiger partial charge on any atom is 0.310 e. The quantitative estimate of drug-likeness (QED) is 0.741. The molecule has 0 saturated carbocycles. The minimum atomic E-state index is -0.879. The van der Waals surface area contributed by atoms with Gasteiger partial charge >= 0.3 is 11.8 Å². The number of amides is 3. The highest BCUT2D eigenvalue weighted by Gasteiger charge is 2.38. The van der Waals surface area contributed by atoms with Crippen LogP contribution in [-0.4, -0.2) is 29.3 Å². The monoisotopic (exact) mass is 416 g/mol. The lowest BCUT2D eigenvalue weighted by Gasteiger charge is -2.15. The smallest absolute Gasteiger partial charge is 0.310 e. The van der Waals surface area contributed by atoms with E-state index in [0.29, 0.717) is 17.8 Å². The predicted octanol–water partition coefficient (Wildman–Crippen LogP) is 1.68. The number of carbonyl (C=O) groups is 3. The molecule has 8 heteroatoms. The van der Waals surface area contributed by atoms with Crippen molar-refractivity contribution in [2.45, 2.75) is 19.5 Å². The van der Waals surface area contributed by atoms with Gasteiger partial charge in [0, 0.05) is 28.5 Å². The molecule has 1 aliphatic rings. The molecule has 0 fully saturated rings. The van der Waals surface area contributed by atoms with Gasteiger partial charge in [-0.2, -0.15) is 0 Å². The fourth-order valence-corrected chi connectivity index (χ4v) is 3.20. The molecule has 3 amide bonds. The standard InChI is InChI=1S/C18H17BrN4O3/c1-2-23-14-7-6-11(19)9-13(14)15(18(23)26)22-17(25)16(24)21-10-12-5-3-4-8-20-12/h3-9,15H,2,10H2,1H3,(H,21,24)(H,22,25)/t15-/m0/s1. The summed E-state index contributed by atoms with van der Waals surface area (Å²) in [6.07, 6.45) is 1.60. The molecule has 2 N–H and O–H groups in total. The summed E-state index contributed by atoms with van der Waals surface area (Å²) >= 11 is 3.37. The normalized spacial score (nSPS) is 15.5. The van der Waals surface area contributed by atoms with Gasteiger partial charge in [-0.1, -0.05) is 22.0 Å². The largest absolute Gasteiger partial charge is 0.342 e. The summed E-state index contributed by atoms with van der Waals surface area (Å²) < 4.78 is 0.792. The number of hydrogen-bond donors (Lipinski definition) is 2. The Kier molecular flexibility index (Phi) is 5.32. The van der Waals surface area contributed by atoms with Gasteiger partial charge in [-0.25, -0.2) is 0 Å². The second-order valence-corrected chi connectivity index (χ2v) is 6.61. The molecule has 0 radical (unpaired) electrons. The van der Waals surface area contributed by atoms with Crippen molar-refractivity contribution < 1.29 is 14.4 Å². The van der Waals surface area contributed by atoms with E-state index < -0.39 is 17.9 Å². The van der Waals surface area contributed by atoms with Crippen LogP contribution in [0.5, 0.6) is 0 Å². The van der Waals surface area contributed by atoms with E-state index in [1.807, 2.05) is 19.1 Å². The number of hydrogen-bond acceptors (Lipinski definition) is 4. The molecule has 0 unspecified atom stereocenters. The molecular formula is C18H17BrN4O3.